The van der Waals surface area contributed by atoms with E-state index in [2.05, 4.69) is 46.1 Å². The summed E-state index contributed by atoms with van der Waals surface area (Å²) in [5, 5.41) is 14.6. The Balaban J connectivity index is 1.38. The van der Waals surface area contributed by atoms with Crippen LogP contribution in [0.25, 0.3) is 0 Å². The molecule has 40 heavy (non-hydrogen) atoms. The topological polar surface area (TPSA) is 102 Å². The second kappa shape index (κ2) is 10.9. The highest BCUT2D eigenvalue weighted by atomic mass is 32.2. The Hall–Kier alpha value is -3.40. The van der Waals surface area contributed by atoms with Crippen molar-refractivity contribution in [2.75, 3.05) is 36.4 Å². The van der Waals surface area contributed by atoms with Gasteiger partial charge in [0.05, 0.1) is 22.6 Å². The first kappa shape index (κ1) is 28.1. The molecule has 1 saturated heterocycles. The molecule has 0 radical (unpaired) electrons. The van der Waals surface area contributed by atoms with E-state index in [1.807, 2.05) is 25.7 Å². The van der Waals surface area contributed by atoms with E-state index >= 15 is 0 Å². The van der Waals surface area contributed by atoms with E-state index in [9.17, 15) is 18.3 Å². The van der Waals surface area contributed by atoms with Gasteiger partial charge in [-0.1, -0.05) is 36.8 Å². The van der Waals surface area contributed by atoms with Gasteiger partial charge in [-0.3, -0.25) is 4.79 Å². The molecule has 212 valence electrons. The highest BCUT2D eigenvalue weighted by molar-refractivity contribution is 7.89. The molecule has 5 rings (SSSR count). The first-order chi connectivity index (χ1) is 19.0. The van der Waals surface area contributed by atoms with Crippen LogP contribution >= 0.6 is 0 Å². The first-order valence-corrected chi connectivity index (χ1v) is 15.3. The number of nitrogens with zero attached hydrogens (tertiary/aromatic N) is 2. The number of carbonyl (C=O) groups excluding carboxylic acids is 1. The summed E-state index contributed by atoms with van der Waals surface area (Å²) in [6.45, 7) is 10.3. The lowest BCUT2D eigenvalue weighted by Gasteiger charge is -2.43. The first-order valence-electron chi connectivity index (χ1n) is 13.8. The largest absolute Gasteiger partial charge is 0.389 e. The quantitative estimate of drug-likeness (QED) is 0.418. The van der Waals surface area contributed by atoms with Crippen LogP contribution in [-0.4, -0.2) is 62.2 Å². The van der Waals surface area contributed by atoms with Crippen molar-refractivity contribution in [3.05, 3.63) is 89.0 Å². The minimum Gasteiger partial charge on any atom is -0.389 e. The molecule has 2 atom stereocenters. The summed E-state index contributed by atoms with van der Waals surface area (Å²) in [4.78, 5) is 17.8. The predicted molar refractivity (Wildman–Crippen MR) is 158 cm³/mol. The van der Waals surface area contributed by atoms with Gasteiger partial charge < -0.3 is 20.2 Å². The molecule has 0 unspecified atom stereocenters. The highest BCUT2D eigenvalue weighted by Crippen LogP contribution is 2.39. The third-order valence-electron chi connectivity index (χ3n) is 8.04. The van der Waals surface area contributed by atoms with Gasteiger partial charge in [-0.05, 0) is 80.8 Å². The van der Waals surface area contributed by atoms with Crippen molar-refractivity contribution in [1.82, 2.24) is 9.62 Å². The summed E-state index contributed by atoms with van der Waals surface area (Å²) in [5.41, 5.74) is 4.29. The molecule has 8 nitrogen and oxygen atoms in total. The van der Waals surface area contributed by atoms with Crippen molar-refractivity contribution in [1.29, 1.82) is 0 Å². The van der Waals surface area contributed by atoms with Crippen LogP contribution in [0.15, 0.2) is 71.6 Å². The Bertz CT molecular complexity index is 1480. The number of hydrogen-bond donors (Lipinski definition) is 3. The van der Waals surface area contributed by atoms with Crippen LogP contribution in [0, 0.1) is 6.92 Å². The van der Waals surface area contributed by atoms with E-state index < -0.39 is 27.7 Å². The Kier molecular flexibility index (Phi) is 7.65. The molecular weight excluding hydrogens is 524 g/mol. The van der Waals surface area contributed by atoms with Gasteiger partial charge in [0.1, 0.15) is 0 Å². The van der Waals surface area contributed by atoms with Crippen LogP contribution in [0.4, 0.5) is 11.4 Å². The zero-order valence-corrected chi connectivity index (χ0v) is 24.3. The van der Waals surface area contributed by atoms with Crippen molar-refractivity contribution in [2.24, 2.45) is 0 Å². The number of aliphatic hydroxyl groups excluding tert-OH is 1. The van der Waals surface area contributed by atoms with E-state index in [4.69, 9.17) is 0 Å². The van der Waals surface area contributed by atoms with Gasteiger partial charge in [-0.2, -0.15) is 0 Å². The van der Waals surface area contributed by atoms with E-state index in [1.165, 1.54) is 5.56 Å². The smallest absolute Gasteiger partial charge is 0.253 e. The normalized spacial score (nSPS) is 20.5. The maximum atomic E-state index is 13.5. The minimum absolute atomic E-state index is 0.109. The lowest BCUT2D eigenvalue weighted by molar-refractivity contribution is 0.0737. The standard InChI is InChI=1S/C31H38N4O4S/c1-5-22-8-13-25(14-9-22)40(38,39)33-28-26-20-23(10-15-27(26)32-31(3,4)29(28)36)30(37)35-18-16-34(17-19-35)24-11-6-21(2)7-12-24/h6-15,20,28-29,32-33,36H,5,16-19H2,1-4H3/t28-,29+/m1/s1. The Morgan fingerprint density at radius 3 is 2.27 bits per heavy atom. The highest BCUT2D eigenvalue weighted by Gasteiger charge is 2.43. The Morgan fingerprint density at radius 1 is 1.00 bits per heavy atom. The van der Waals surface area contributed by atoms with Crippen molar-refractivity contribution in [3.63, 3.8) is 0 Å². The van der Waals surface area contributed by atoms with Gasteiger partial charge in [-0.25, -0.2) is 13.1 Å². The van der Waals surface area contributed by atoms with Crippen LogP contribution < -0.4 is 14.9 Å². The van der Waals surface area contributed by atoms with Crippen molar-refractivity contribution >= 4 is 27.3 Å². The number of amides is 1. The van der Waals surface area contributed by atoms with Crippen LogP contribution in [0.3, 0.4) is 0 Å². The number of benzene rings is 3. The monoisotopic (exact) mass is 562 g/mol. The fourth-order valence-electron chi connectivity index (χ4n) is 5.45. The second-order valence-corrected chi connectivity index (χ2v) is 13.0. The van der Waals surface area contributed by atoms with E-state index in [-0.39, 0.29) is 10.8 Å². The zero-order chi connectivity index (χ0) is 28.7. The molecule has 1 amide bonds. The third-order valence-corrected chi connectivity index (χ3v) is 9.49. The molecule has 0 saturated carbocycles. The number of hydrogen-bond acceptors (Lipinski definition) is 6. The second-order valence-electron chi connectivity index (χ2n) is 11.3. The third kappa shape index (κ3) is 5.59. The minimum atomic E-state index is -3.94. The Morgan fingerprint density at radius 2 is 1.65 bits per heavy atom. The number of anilines is 2. The number of aliphatic hydroxyl groups is 1. The van der Waals surface area contributed by atoms with Gasteiger partial charge in [-0.15, -0.1) is 0 Å². The average Bonchev–Trinajstić information content (AvgIpc) is 2.95. The number of fused-ring (bicyclic) bond motifs is 1. The summed E-state index contributed by atoms with van der Waals surface area (Å²) < 4.78 is 29.5. The lowest BCUT2D eigenvalue weighted by Crippen LogP contribution is -2.54. The van der Waals surface area contributed by atoms with Crippen LogP contribution in [-0.2, 0) is 16.4 Å². The van der Waals surface area contributed by atoms with Gasteiger partial charge in [0.2, 0.25) is 10.0 Å². The zero-order valence-electron chi connectivity index (χ0n) is 23.5. The molecule has 9 heteroatoms. The number of piperazine rings is 1. The molecule has 3 aromatic rings. The van der Waals surface area contributed by atoms with Crippen LogP contribution in [0.1, 0.15) is 53.9 Å². The lowest BCUT2D eigenvalue weighted by atomic mass is 9.82. The molecule has 2 heterocycles. The van der Waals surface area contributed by atoms with Gasteiger partial charge in [0, 0.05) is 43.1 Å². The predicted octanol–water partition coefficient (Wildman–Crippen LogP) is 4.10. The maximum Gasteiger partial charge on any atom is 0.253 e. The Labute approximate surface area is 237 Å². The molecular formula is C31H38N4O4S. The average molecular weight is 563 g/mol. The summed E-state index contributed by atoms with van der Waals surface area (Å²) in [7, 11) is -3.94. The molecule has 3 N–H and O–H groups in total. The molecule has 0 bridgehead atoms. The van der Waals surface area contributed by atoms with Crippen molar-refractivity contribution < 1.29 is 18.3 Å². The number of nitrogens with one attached hydrogen (secondary N) is 2. The number of rotatable bonds is 6. The molecule has 0 aliphatic carbocycles. The van der Waals surface area contributed by atoms with Crippen LogP contribution in [0.2, 0.25) is 0 Å². The molecule has 0 spiro atoms. The summed E-state index contributed by atoms with van der Waals surface area (Å²) in [5.74, 6) is -0.109. The number of sulfonamides is 1. The summed E-state index contributed by atoms with van der Waals surface area (Å²) in [6, 6.07) is 19.5. The molecule has 1 fully saturated rings. The molecule has 3 aromatic carbocycles. The van der Waals surface area contributed by atoms with Crippen LogP contribution in [0.5, 0.6) is 0 Å². The van der Waals surface area contributed by atoms with Gasteiger partial charge >= 0.3 is 0 Å². The maximum absolute atomic E-state index is 13.5. The van der Waals surface area contributed by atoms with Crippen molar-refractivity contribution in [3.8, 4) is 0 Å². The summed E-state index contributed by atoms with van der Waals surface area (Å²) >= 11 is 0. The van der Waals surface area contributed by atoms with E-state index in [0.717, 1.165) is 30.8 Å². The fraction of sp³-hybridized carbons (Fsp3) is 0.387. The number of aryl methyl sites for hydroxylation is 2. The van der Waals surface area contributed by atoms with E-state index in [0.29, 0.717) is 29.9 Å². The molecule has 2 aliphatic heterocycles. The summed E-state index contributed by atoms with van der Waals surface area (Å²) in [6.07, 6.45) is -0.270. The molecule has 0 aromatic heterocycles. The van der Waals surface area contributed by atoms with Gasteiger partial charge in [0.15, 0.2) is 0 Å². The fourth-order valence-corrected chi connectivity index (χ4v) is 6.67. The SMILES string of the molecule is CCc1ccc(S(=O)(=O)N[C@@H]2c3cc(C(=O)N4CCN(c5ccc(C)cc5)CC4)ccc3NC(C)(C)[C@H]2O)cc1. The van der Waals surface area contributed by atoms with Crippen molar-refractivity contribution in [2.45, 2.75) is 56.7 Å². The molecule has 2 aliphatic rings. The van der Waals surface area contributed by atoms with E-state index in [1.54, 1.807) is 42.5 Å². The van der Waals surface area contributed by atoms with Gasteiger partial charge in [0.25, 0.3) is 5.91 Å². The number of carbonyl (C=O) groups is 1.